The molecule has 14 heavy (non-hydrogen) atoms. The second-order valence-electron chi connectivity index (χ2n) is 2.86. The van der Waals surface area contributed by atoms with Gasteiger partial charge in [-0.15, -0.1) is 0 Å². The highest BCUT2D eigenvalue weighted by Crippen LogP contribution is 2.02. The number of nitrogens with zero attached hydrogens (tertiary/aromatic N) is 1. The van der Waals surface area contributed by atoms with Crippen LogP contribution in [0.1, 0.15) is 12.5 Å². The van der Waals surface area contributed by atoms with E-state index in [9.17, 15) is 4.79 Å². The van der Waals surface area contributed by atoms with Crippen LogP contribution in [0.4, 0.5) is 5.82 Å². The lowest BCUT2D eigenvalue weighted by Crippen LogP contribution is -2.19. The van der Waals surface area contributed by atoms with Crippen molar-refractivity contribution >= 4 is 17.8 Å². The maximum atomic E-state index is 10.5. The Balaban J connectivity index is 2.44. The minimum absolute atomic E-state index is 0.0370. The van der Waals surface area contributed by atoms with Gasteiger partial charge in [0.1, 0.15) is 5.82 Å². The van der Waals surface area contributed by atoms with E-state index in [1.807, 2.05) is 18.2 Å². The van der Waals surface area contributed by atoms with Crippen molar-refractivity contribution in [3.63, 3.8) is 0 Å². The highest BCUT2D eigenvalue weighted by atomic mass is 16.1. The summed E-state index contributed by atoms with van der Waals surface area (Å²) in [4.78, 5) is 14.5. The zero-order chi connectivity index (χ0) is 10.4. The van der Waals surface area contributed by atoms with Gasteiger partial charge in [-0.2, -0.15) is 0 Å². The zero-order valence-electron chi connectivity index (χ0n) is 8.03. The Bertz CT molecular complexity index is 330. The van der Waals surface area contributed by atoms with Crippen LogP contribution in [0.25, 0.3) is 6.08 Å². The second kappa shape index (κ2) is 5.01. The molecule has 0 aliphatic rings. The predicted octanol–water partition coefficient (Wildman–Crippen LogP) is 0.813. The smallest absolute Gasteiger partial charge is 0.217 e. The zero-order valence-corrected chi connectivity index (χ0v) is 8.03. The molecule has 1 rings (SSSR count). The Kier molecular flexibility index (Phi) is 3.67. The molecule has 0 aromatic carbocycles. The van der Waals surface area contributed by atoms with E-state index >= 15 is 0 Å². The number of amides is 1. The summed E-state index contributed by atoms with van der Waals surface area (Å²) in [5.74, 6) is 0.467. The second-order valence-corrected chi connectivity index (χ2v) is 2.86. The van der Waals surface area contributed by atoms with E-state index in [1.165, 1.54) is 6.92 Å². The first-order chi connectivity index (χ1) is 6.68. The highest BCUT2D eigenvalue weighted by Gasteiger charge is 1.88. The van der Waals surface area contributed by atoms with Crippen molar-refractivity contribution < 1.29 is 4.79 Å². The summed E-state index contributed by atoms with van der Waals surface area (Å²) in [5, 5.41) is 2.66. The van der Waals surface area contributed by atoms with E-state index in [0.717, 1.165) is 5.56 Å². The van der Waals surface area contributed by atoms with E-state index in [-0.39, 0.29) is 5.91 Å². The molecule has 0 saturated carbocycles. The van der Waals surface area contributed by atoms with Gasteiger partial charge in [0.2, 0.25) is 5.91 Å². The maximum Gasteiger partial charge on any atom is 0.217 e. The summed E-state index contributed by atoms with van der Waals surface area (Å²) in [5.41, 5.74) is 6.39. The largest absolute Gasteiger partial charge is 0.384 e. The molecule has 0 radical (unpaired) electrons. The van der Waals surface area contributed by atoms with Gasteiger partial charge in [0, 0.05) is 19.7 Å². The third kappa shape index (κ3) is 3.71. The van der Waals surface area contributed by atoms with Crippen LogP contribution in [0.3, 0.4) is 0 Å². The van der Waals surface area contributed by atoms with Crippen molar-refractivity contribution in [3.05, 3.63) is 30.0 Å². The summed E-state index contributed by atoms with van der Waals surface area (Å²) in [6.07, 6.45) is 5.41. The molecule has 0 spiro atoms. The van der Waals surface area contributed by atoms with Gasteiger partial charge in [0.25, 0.3) is 0 Å². The first-order valence-corrected chi connectivity index (χ1v) is 4.31. The predicted molar refractivity (Wildman–Crippen MR) is 56.4 cm³/mol. The minimum Gasteiger partial charge on any atom is -0.384 e. The molecule has 0 aliphatic carbocycles. The number of aromatic nitrogens is 1. The maximum absolute atomic E-state index is 10.5. The normalized spacial score (nSPS) is 10.4. The van der Waals surface area contributed by atoms with Crippen LogP contribution in [0.5, 0.6) is 0 Å². The number of nitrogens with one attached hydrogen (secondary N) is 1. The quantitative estimate of drug-likeness (QED) is 0.743. The van der Waals surface area contributed by atoms with E-state index in [1.54, 1.807) is 12.3 Å². The number of pyridine rings is 1. The monoisotopic (exact) mass is 191 g/mol. The summed E-state index contributed by atoms with van der Waals surface area (Å²) < 4.78 is 0. The highest BCUT2D eigenvalue weighted by molar-refractivity contribution is 5.73. The number of carbonyl (C=O) groups excluding carboxylic acids is 1. The average Bonchev–Trinajstić information content (AvgIpc) is 2.15. The van der Waals surface area contributed by atoms with Crippen LogP contribution in [-0.4, -0.2) is 17.4 Å². The molecule has 0 unspecified atom stereocenters. The van der Waals surface area contributed by atoms with Crippen LogP contribution >= 0.6 is 0 Å². The van der Waals surface area contributed by atoms with Crippen molar-refractivity contribution in [2.45, 2.75) is 6.92 Å². The van der Waals surface area contributed by atoms with Gasteiger partial charge in [-0.1, -0.05) is 12.2 Å². The molecule has 0 fully saturated rings. The van der Waals surface area contributed by atoms with Crippen molar-refractivity contribution in [1.82, 2.24) is 10.3 Å². The van der Waals surface area contributed by atoms with Gasteiger partial charge in [0.15, 0.2) is 0 Å². The molecule has 0 saturated heterocycles. The molecule has 4 nitrogen and oxygen atoms in total. The molecule has 3 N–H and O–H groups in total. The summed E-state index contributed by atoms with van der Waals surface area (Å²) in [6, 6.07) is 3.60. The van der Waals surface area contributed by atoms with Gasteiger partial charge in [-0.3, -0.25) is 4.79 Å². The Hall–Kier alpha value is -1.84. The van der Waals surface area contributed by atoms with Gasteiger partial charge in [-0.25, -0.2) is 4.98 Å². The Morgan fingerprint density at radius 3 is 3.00 bits per heavy atom. The van der Waals surface area contributed by atoms with Gasteiger partial charge >= 0.3 is 0 Å². The molecule has 0 atom stereocenters. The van der Waals surface area contributed by atoms with Crippen LogP contribution in [-0.2, 0) is 4.79 Å². The first kappa shape index (κ1) is 10.2. The van der Waals surface area contributed by atoms with Crippen molar-refractivity contribution in [1.29, 1.82) is 0 Å². The molecular formula is C10H13N3O. The fourth-order valence-corrected chi connectivity index (χ4v) is 0.913. The molecule has 1 amide bonds. The average molecular weight is 191 g/mol. The fourth-order valence-electron chi connectivity index (χ4n) is 0.913. The molecule has 1 aromatic rings. The minimum atomic E-state index is -0.0370. The number of carbonyl (C=O) groups is 1. The topological polar surface area (TPSA) is 68.0 Å². The third-order valence-electron chi connectivity index (χ3n) is 1.59. The van der Waals surface area contributed by atoms with Gasteiger partial charge in [-0.05, 0) is 17.7 Å². The summed E-state index contributed by atoms with van der Waals surface area (Å²) in [6.45, 7) is 2.01. The van der Waals surface area contributed by atoms with Gasteiger partial charge < -0.3 is 11.1 Å². The Morgan fingerprint density at radius 1 is 1.64 bits per heavy atom. The van der Waals surface area contributed by atoms with E-state index in [4.69, 9.17) is 5.73 Å². The number of hydrogen-bond donors (Lipinski definition) is 2. The molecule has 74 valence electrons. The molecular weight excluding hydrogens is 178 g/mol. The number of rotatable bonds is 3. The summed E-state index contributed by atoms with van der Waals surface area (Å²) in [7, 11) is 0. The summed E-state index contributed by atoms with van der Waals surface area (Å²) >= 11 is 0. The molecule has 4 heteroatoms. The first-order valence-electron chi connectivity index (χ1n) is 4.31. The Morgan fingerprint density at radius 2 is 2.43 bits per heavy atom. The van der Waals surface area contributed by atoms with E-state index in [2.05, 4.69) is 10.3 Å². The number of nitrogen functional groups attached to an aromatic ring is 1. The van der Waals surface area contributed by atoms with Crippen molar-refractivity contribution in [3.8, 4) is 0 Å². The number of nitrogens with two attached hydrogens (primary N) is 1. The van der Waals surface area contributed by atoms with Gasteiger partial charge in [0.05, 0.1) is 0 Å². The molecule has 0 bridgehead atoms. The van der Waals surface area contributed by atoms with Crippen LogP contribution in [0.15, 0.2) is 24.4 Å². The standard InChI is InChI=1S/C10H13N3O/c1-8(14)12-6-2-3-9-4-5-10(11)13-7-9/h2-5,7H,6H2,1H3,(H2,11,13)(H,12,14). The lowest BCUT2D eigenvalue weighted by atomic mass is 10.2. The third-order valence-corrected chi connectivity index (χ3v) is 1.59. The van der Waals surface area contributed by atoms with E-state index in [0.29, 0.717) is 12.4 Å². The van der Waals surface area contributed by atoms with Crippen molar-refractivity contribution in [2.75, 3.05) is 12.3 Å². The molecule has 1 heterocycles. The number of anilines is 1. The molecule has 1 aromatic heterocycles. The number of hydrogen-bond acceptors (Lipinski definition) is 3. The molecule has 0 aliphatic heterocycles. The Labute approximate surface area is 82.8 Å². The van der Waals surface area contributed by atoms with E-state index < -0.39 is 0 Å². The van der Waals surface area contributed by atoms with Crippen LogP contribution in [0.2, 0.25) is 0 Å². The SMILES string of the molecule is CC(=O)NCC=Cc1ccc(N)nc1. The lowest BCUT2D eigenvalue weighted by molar-refractivity contribution is -0.118. The van der Waals surface area contributed by atoms with Crippen LogP contribution in [0, 0.1) is 0 Å². The van der Waals surface area contributed by atoms with Crippen molar-refractivity contribution in [2.24, 2.45) is 0 Å². The fraction of sp³-hybridized carbons (Fsp3) is 0.200. The van der Waals surface area contributed by atoms with Crippen LogP contribution < -0.4 is 11.1 Å². The lowest BCUT2D eigenvalue weighted by Gasteiger charge is -1.95.